The average molecular weight is 336 g/mol. The van der Waals surface area contributed by atoms with Crippen molar-refractivity contribution in [3.8, 4) is 0 Å². The molecule has 1 amide bonds. The maximum Gasteiger partial charge on any atom is 0.265 e. The molecule has 2 atom stereocenters. The van der Waals surface area contributed by atoms with E-state index < -0.39 is 0 Å². The number of amides is 1. The van der Waals surface area contributed by atoms with Crippen LogP contribution in [0.15, 0.2) is 73.3 Å². The average Bonchev–Trinajstić information content (AvgIpc) is 2.69. The number of carbonyl (C=O) groups is 1. The summed E-state index contributed by atoms with van der Waals surface area (Å²) in [4.78, 5) is 12.5. The van der Waals surface area contributed by atoms with Crippen LogP contribution in [-0.2, 0) is 5.54 Å². The van der Waals surface area contributed by atoms with Crippen LogP contribution in [-0.4, -0.2) is 5.91 Å². The summed E-state index contributed by atoms with van der Waals surface area (Å²) < 4.78 is 0. The van der Waals surface area contributed by atoms with Crippen molar-refractivity contribution in [1.29, 1.82) is 0 Å². The molecule has 3 heteroatoms. The van der Waals surface area contributed by atoms with E-state index in [0.717, 1.165) is 24.8 Å². The molecule has 3 nitrogen and oxygen atoms in total. The maximum absolute atomic E-state index is 12.5. The standard InChI is InChI=1S/C22H28N2O/c1-4-6-17-22(18(3)5-2,20-15-11-8-12-16-20)24-23-21(25)19-13-9-7-10-14-19/h5,7-16,18,24H,2,4,6,17H2,1,3H3,(H,23,25)/t18-,22-/m1/s1. The Morgan fingerprint density at radius 1 is 1.12 bits per heavy atom. The van der Waals surface area contributed by atoms with Gasteiger partial charge in [-0.2, -0.15) is 0 Å². The second-order valence-corrected chi connectivity index (χ2v) is 6.41. The van der Waals surface area contributed by atoms with Crippen molar-refractivity contribution in [1.82, 2.24) is 10.9 Å². The van der Waals surface area contributed by atoms with Gasteiger partial charge < -0.3 is 0 Å². The zero-order valence-corrected chi connectivity index (χ0v) is 15.2. The van der Waals surface area contributed by atoms with E-state index in [9.17, 15) is 4.79 Å². The first kappa shape index (κ1) is 18.9. The summed E-state index contributed by atoms with van der Waals surface area (Å²) in [5.74, 6) is 0.0196. The van der Waals surface area contributed by atoms with Crippen LogP contribution in [0.2, 0.25) is 0 Å². The summed E-state index contributed by atoms with van der Waals surface area (Å²) in [7, 11) is 0. The predicted molar refractivity (Wildman–Crippen MR) is 104 cm³/mol. The summed E-state index contributed by atoms with van der Waals surface area (Å²) in [5, 5.41) is 0. The van der Waals surface area contributed by atoms with Gasteiger partial charge in [-0.25, -0.2) is 5.43 Å². The minimum absolute atomic E-state index is 0.131. The first-order chi connectivity index (χ1) is 12.1. The Bertz CT molecular complexity index is 669. The highest BCUT2D eigenvalue weighted by Gasteiger charge is 2.36. The summed E-state index contributed by atoms with van der Waals surface area (Å²) in [6.07, 6.45) is 5.01. The third-order valence-corrected chi connectivity index (χ3v) is 4.78. The largest absolute Gasteiger partial charge is 0.287 e. The third kappa shape index (κ3) is 4.58. The monoisotopic (exact) mass is 336 g/mol. The zero-order chi connectivity index (χ0) is 18.1. The second kappa shape index (κ2) is 9.19. The van der Waals surface area contributed by atoms with Crippen molar-refractivity contribution in [2.75, 3.05) is 0 Å². The van der Waals surface area contributed by atoms with E-state index in [2.05, 4.69) is 43.4 Å². The smallest absolute Gasteiger partial charge is 0.265 e. The van der Waals surface area contributed by atoms with E-state index in [1.54, 1.807) is 0 Å². The van der Waals surface area contributed by atoms with E-state index >= 15 is 0 Å². The van der Waals surface area contributed by atoms with Crippen molar-refractivity contribution >= 4 is 5.91 Å². The quantitative estimate of drug-likeness (QED) is 0.509. The Hall–Kier alpha value is -2.39. The molecular weight excluding hydrogens is 308 g/mol. The van der Waals surface area contributed by atoms with Crippen molar-refractivity contribution in [2.45, 2.75) is 38.6 Å². The molecule has 0 saturated heterocycles. The van der Waals surface area contributed by atoms with E-state index in [4.69, 9.17) is 0 Å². The normalized spacial score (nSPS) is 14.3. The predicted octanol–water partition coefficient (Wildman–Crippen LogP) is 4.83. The minimum atomic E-state index is -0.385. The first-order valence-corrected chi connectivity index (χ1v) is 8.94. The van der Waals surface area contributed by atoms with Gasteiger partial charge in [-0.05, 0) is 30.0 Å². The Balaban J connectivity index is 2.29. The van der Waals surface area contributed by atoms with Gasteiger partial charge in [0.15, 0.2) is 0 Å². The summed E-state index contributed by atoms with van der Waals surface area (Å²) in [5.41, 5.74) is 7.70. The van der Waals surface area contributed by atoms with Crippen LogP contribution >= 0.6 is 0 Å². The molecule has 0 fully saturated rings. The van der Waals surface area contributed by atoms with Gasteiger partial charge in [0, 0.05) is 5.56 Å². The van der Waals surface area contributed by atoms with Gasteiger partial charge in [0.1, 0.15) is 0 Å². The van der Waals surface area contributed by atoms with Crippen LogP contribution < -0.4 is 10.9 Å². The number of nitrogens with one attached hydrogen (secondary N) is 2. The van der Waals surface area contributed by atoms with Gasteiger partial charge in [-0.15, -0.1) is 6.58 Å². The van der Waals surface area contributed by atoms with Crippen molar-refractivity contribution < 1.29 is 4.79 Å². The van der Waals surface area contributed by atoms with Crippen LogP contribution in [0.5, 0.6) is 0 Å². The van der Waals surface area contributed by atoms with Crippen molar-refractivity contribution in [3.63, 3.8) is 0 Å². The molecule has 0 aliphatic heterocycles. The lowest BCUT2D eigenvalue weighted by Crippen LogP contribution is -2.55. The van der Waals surface area contributed by atoms with Gasteiger partial charge in [-0.1, -0.05) is 81.3 Å². The Morgan fingerprint density at radius 2 is 1.72 bits per heavy atom. The molecule has 0 aromatic heterocycles. The van der Waals surface area contributed by atoms with Gasteiger partial charge in [0.2, 0.25) is 0 Å². The summed E-state index contributed by atoms with van der Waals surface area (Å²) >= 11 is 0. The van der Waals surface area contributed by atoms with Gasteiger partial charge in [0.05, 0.1) is 5.54 Å². The molecule has 0 saturated carbocycles. The van der Waals surface area contributed by atoms with E-state index in [0.29, 0.717) is 5.56 Å². The molecule has 0 aliphatic rings. The van der Waals surface area contributed by atoms with Gasteiger partial charge in [-0.3, -0.25) is 10.2 Å². The molecule has 0 spiro atoms. The zero-order valence-electron chi connectivity index (χ0n) is 15.2. The fourth-order valence-corrected chi connectivity index (χ4v) is 3.11. The van der Waals surface area contributed by atoms with Gasteiger partial charge in [0.25, 0.3) is 5.91 Å². The number of hydrogen-bond acceptors (Lipinski definition) is 2. The lowest BCUT2D eigenvalue weighted by atomic mass is 9.76. The third-order valence-electron chi connectivity index (χ3n) is 4.78. The number of unbranched alkanes of at least 4 members (excludes halogenated alkanes) is 1. The Morgan fingerprint density at radius 3 is 2.28 bits per heavy atom. The number of carbonyl (C=O) groups excluding carboxylic acids is 1. The molecule has 132 valence electrons. The molecule has 2 aromatic carbocycles. The van der Waals surface area contributed by atoms with E-state index in [1.807, 2.05) is 54.6 Å². The highest BCUT2D eigenvalue weighted by Crippen LogP contribution is 2.35. The molecule has 0 bridgehead atoms. The molecule has 0 heterocycles. The highest BCUT2D eigenvalue weighted by atomic mass is 16.2. The van der Waals surface area contributed by atoms with Crippen LogP contribution in [0.1, 0.15) is 49.0 Å². The molecule has 2 rings (SSSR count). The summed E-state index contributed by atoms with van der Waals surface area (Å²) in [6, 6.07) is 19.5. The Labute approximate surface area is 151 Å². The van der Waals surface area contributed by atoms with Crippen LogP contribution in [0.4, 0.5) is 0 Å². The lowest BCUT2D eigenvalue weighted by Gasteiger charge is -2.39. The fourth-order valence-electron chi connectivity index (χ4n) is 3.11. The van der Waals surface area contributed by atoms with Crippen molar-refractivity contribution in [2.24, 2.45) is 5.92 Å². The molecule has 25 heavy (non-hydrogen) atoms. The topological polar surface area (TPSA) is 41.1 Å². The fraction of sp³-hybridized carbons (Fsp3) is 0.318. The highest BCUT2D eigenvalue weighted by molar-refractivity contribution is 5.93. The van der Waals surface area contributed by atoms with Crippen molar-refractivity contribution in [3.05, 3.63) is 84.4 Å². The first-order valence-electron chi connectivity index (χ1n) is 8.94. The number of rotatable bonds is 9. The molecular formula is C22H28N2O. The molecule has 0 aliphatic carbocycles. The van der Waals surface area contributed by atoms with E-state index in [1.165, 1.54) is 0 Å². The molecule has 2 N–H and O–H groups in total. The van der Waals surface area contributed by atoms with Crippen LogP contribution in [0, 0.1) is 5.92 Å². The Kier molecular flexibility index (Phi) is 6.96. The van der Waals surface area contributed by atoms with Gasteiger partial charge >= 0.3 is 0 Å². The minimum Gasteiger partial charge on any atom is -0.287 e. The molecule has 0 radical (unpaired) electrons. The molecule has 2 aromatic rings. The summed E-state index contributed by atoms with van der Waals surface area (Å²) in [6.45, 7) is 8.31. The SMILES string of the molecule is C=C[C@@H](C)[C@@](CCCC)(NNC(=O)c1ccccc1)c1ccccc1. The molecule has 0 unspecified atom stereocenters. The van der Waals surface area contributed by atoms with E-state index in [-0.39, 0.29) is 17.4 Å². The van der Waals surface area contributed by atoms with Crippen LogP contribution in [0.3, 0.4) is 0 Å². The maximum atomic E-state index is 12.5. The number of hydrogen-bond donors (Lipinski definition) is 2. The number of benzene rings is 2. The second-order valence-electron chi connectivity index (χ2n) is 6.41. The number of hydrazine groups is 1. The van der Waals surface area contributed by atoms with Crippen LogP contribution in [0.25, 0.3) is 0 Å². The lowest BCUT2D eigenvalue weighted by molar-refractivity contribution is 0.0878.